The lowest BCUT2D eigenvalue weighted by molar-refractivity contribution is -0.151. The Labute approximate surface area is 252 Å². The van der Waals surface area contributed by atoms with Gasteiger partial charge in [-0.25, -0.2) is 17.9 Å². The molecule has 0 saturated carbocycles. The standard InChI is InChI=1S/C29H30N6O8S/c1-16-4-11-20(12-5-16)44(41,42)32-15-21(26(37)38)34-27(39)29(2)28(40)35(3)22-13-10-19(14-23(22)43-29)33-25(36)18-8-6-17(7-9-18)24(30)31/h4-14,21,32H,15H2,1-3H3,(H3,30,31)(H,33,36)(H,34,39)(H,37,38)/t21-,29?/m0/s1. The summed E-state index contributed by atoms with van der Waals surface area (Å²) in [6.07, 6.45) is 0. The number of carboxylic acids is 1. The van der Waals surface area contributed by atoms with Crippen molar-refractivity contribution >= 4 is 50.9 Å². The molecule has 0 aliphatic carbocycles. The van der Waals surface area contributed by atoms with Crippen LogP contribution in [0.15, 0.2) is 71.6 Å². The van der Waals surface area contributed by atoms with Crippen LogP contribution < -0.4 is 30.7 Å². The maximum absolute atomic E-state index is 13.3. The minimum atomic E-state index is -4.10. The van der Waals surface area contributed by atoms with Crippen LogP contribution in [0.5, 0.6) is 5.75 Å². The molecule has 230 valence electrons. The van der Waals surface area contributed by atoms with Crippen LogP contribution in [0.1, 0.15) is 28.4 Å². The summed E-state index contributed by atoms with van der Waals surface area (Å²) in [5.41, 5.74) is 5.31. The SMILES string of the molecule is Cc1ccc(S(=O)(=O)NC[C@H](NC(=O)C2(C)Oc3cc(NC(=O)c4ccc(C(=N)N)cc4)ccc3N(C)C2=O)C(=O)O)cc1. The zero-order chi connectivity index (χ0) is 32.4. The molecule has 3 aromatic rings. The summed E-state index contributed by atoms with van der Waals surface area (Å²) in [6, 6.07) is 14.6. The molecule has 3 amide bonds. The molecule has 14 nitrogen and oxygen atoms in total. The van der Waals surface area contributed by atoms with Gasteiger partial charge in [-0.2, -0.15) is 0 Å². The van der Waals surface area contributed by atoms with E-state index >= 15 is 0 Å². The van der Waals surface area contributed by atoms with Crippen molar-refractivity contribution in [2.24, 2.45) is 5.73 Å². The number of carbonyl (C=O) groups excluding carboxylic acids is 3. The first-order chi connectivity index (χ1) is 20.6. The van der Waals surface area contributed by atoms with Crippen LogP contribution >= 0.6 is 0 Å². The van der Waals surface area contributed by atoms with Crippen molar-refractivity contribution < 1.29 is 37.4 Å². The third-order valence-corrected chi connectivity index (χ3v) is 8.35. The Morgan fingerprint density at radius 1 is 1.05 bits per heavy atom. The number of anilines is 2. The second-order valence-corrected chi connectivity index (χ2v) is 11.9. The number of benzene rings is 3. The Hall–Kier alpha value is -5.28. The maximum atomic E-state index is 13.3. The van der Waals surface area contributed by atoms with Crippen molar-refractivity contribution in [3.63, 3.8) is 0 Å². The van der Waals surface area contributed by atoms with Crippen molar-refractivity contribution in [1.29, 1.82) is 5.41 Å². The quantitative estimate of drug-likeness (QED) is 0.108. The van der Waals surface area contributed by atoms with Gasteiger partial charge >= 0.3 is 5.97 Å². The number of carboxylic acid groups (broad SMARTS) is 1. The van der Waals surface area contributed by atoms with Crippen LogP contribution in [0.3, 0.4) is 0 Å². The van der Waals surface area contributed by atoms with E-state index in [0.29, 0.717) is 5.56 Å². The van der Waals surface area contributed by atoms with Gasteiger partial charge in [0.25, 0.3) is 23.3 Å². The minimum Gasteiger partial charge on any atom is -0.480 e. The molecule has 3 aromatic carbocycles. The van der Waals surface area contributed by atoms with E-state index in [1.54, 1.807) is 19.1 Å². The average molecular weight is 623 g/mol. The molecule has 4 rings (SSSR count). The molecule has 2 atom stereocenters. The highest BCUT2D eigenvalue weighted by molar-refractivity contribution is 7.89. The molecule has 1 heterocycles. The predicted octanol–water partition coefficient (Wildman–Crippen LogP) is 1.19. The molecule has 44 heavy (non-hydrogen) atoms. The third kappa shape index (κ3) is 6.53. The Bertz CT molecular complexity index is 1760. The fraction of sp³-hybridized carbons (Fsp3) is 0.207. The number of amidine groups is 1. The minimum absolute atomic E-state index is 0.0430. The van der Waals surface area contributed by atoms with Gasteiger partial charge in [-0.15, -0.1) is 0 Å². The van der Waals surface area contributed by atoms with Crippen LogP contribution in [0.2, 0.25) is 0 Å². The first-order valence-corrected chi connectivity index (χ1v) is 14.6. The molecular formula is C29H30N6O8S. The number of aliphatic carboxylic acids is 1. The smallest absolute Gasteiger partial charge is 0.327 e. The van der Waals surface area contributed by atoms with Crippen molar-refractivity contribution in [2.45, 2.75) is 30.4 Å². The normalized spacial score (nSPS) is 16.7. The van der Waals surface area contributed by atoms with Gasteiger partial charge in [0, 0.05) is 36.5 Å². The summed E-state index contributed by atoms with van der Waals surface area (Å²) in [5, 5.41) is 22.0. The van der Waals surface area contributed by atoms with Gasteiger partial charge < -0.3 is 31.1 Å². The van der Waals surface area contributed by atoms with E-state index in [2.05, 4.69) is 15.4 Å². The topological polar surface area (TPSA) is 221 Å². The van der Waals surface area contributed by atoms with Gasteiger partial charge in [0.05, 0.1) is 10.6 Å². The number of fused-ring (bicyclic) bond motifs is 1. The van der Waals surface area contributed by atoms with Crippen LogP contribution in [0.25, 0.3) is 0 Å². The fourth-order valence-electron chi connectivity index (χ4n) is 4.28. The highest BCUT2D eigenvalue weighted by Crippen LogP contribution is 2.39. The lowest BCUT2D eigenvalue weighted by Crippen LogP contribution is -2.64. The molecule has 1 aliphatic heterocycles. The van der Waals surface area contributed by atoms with Gasteiger partial charge in [0.1, 0.15) is 17.6 Å². The summed E-state index contributed by atoms with van der Waals surface area (Å²) in [7, 11) is -2.71. The van der Waals surface area contributed by atoms with Crippen LogP contribution in [0.4, 0.5) is 11.4 Å². The number of nitrogens with zero attached hydrogens (tertiary/aromatic N) is 1. The van der Waals surface area contributed by atoms with E-state index in [-0.39, 0.29) is 33.4 Å². The van der Waals surface area contributed by atoms with E-state index in [4.69, 9.17) is 15.9 Å². The molecule has 0 fully saturated rings. The number of nitrogens with one attached hydrogen (secondary N) is 4. The molecule has 0 radical (unpaired) electrons. The molecule has 0 spiro atoms. The van der Waals surface area contributed by atoms with E-state index < -0.39 is 51.9 Å². The second-order valence-electron chi connectivity index (χ2n) is 10.2. The summed E-state index contributed by atoms with van der Waals surface area (Å²) in [4.78, 5) is 52.3. The first kappa shape index (κ1) is 31.7. The van der Waals surface area contributed by atoms with Crippen molar-refractivity contribution in [2.75, 3.05) is 23.8 Å². The number of nitrogen functional groups attached to an aromatic ring is 1. The number of sulfonamides is 1. The lowest BCUT2D eigenvalue weighted by Gasteiger charge is -2.38. The lowest BCUT2D eigenvalue weighted by atomic mass is 9.99. The van der Waals surface area contributed by atoms with E-state index in [1.807, 2.05) is 0 Å². The number of hydrogen-bond acceptors (Lipinski definition) is 8. The summed E-state index contributed by atoms with van der Waals surface area (Å²) in [6.45, 7) is 2.22. The highest BCUT2D eigenvalue weighted by atomic mass is 32.2. The number of aryl methyl sites for hydroxylation is 1. The number of rotatable bonds is 10. The number of amides is 3. The van der Waals surface area contributed by atoms with Gasteiger partial charge in [-0.1, -0.05) is 29.8 Å². The third-order valence-electron chi connectivity index (χ3n) is 6.91. The Morgan fingerprint density at radius 3 is 2.25 bits per heavy atom. The van der Waals surface area contributed by atoms with Gasteiger partial charge in [-0.3, -0.25) is 19.8 Å². The van der Waals surface area contributed by atoms with E-state index in [1.165, 1.54) is 61.6 Å². The fourth-order valence-corrected chi connectivity index (χ4v) is 5.33. The van der Waals surface area contributed by atoms with E-state index in [0.717, 1.165) is 17.4 Å². The molecule has 15 heteroatoms. The number of carbonyl (C=O) groups is 4. The Balaban J connectivity index is 1.50. The average Bonchev–Trinajstić information content (AvgIpc) is 2.98. The Kier molecular flexibility index (Phi) is 8.73. The highest BCUT2D eigenvalue weighted by Gasteiger charge is 2.50. The zero-order valence-electron chi connectivity index (χ0n) is 23.9. The molecule has 1 unspecified atom stereocenters. The maximum Gasteiger partial charge on any atom is 0.327 e. The molecule has 1 aliphatic rings. The van der Waals surface area contributed by atoms with Crippen LogP contribution in [0, 0.1) is 12.3 Å². The van der Waals surface area contributed by atoms with Crippen molar-refractivity contribution in [3.8, 4) is 5.75 Å². The van der Waals surface area contributed by atoms with E-state index in [9.17, 15) is 32.7 Å². The van der Waals surface area contributed by atoms with Gasteiger partial charge in [0.15, 0.2) is 0 Å². The van der Waals surface area contributed by atoms with Crippen molar-refractivity contribution in [1.82, 2.24) is 10.0 Å². The van der Waals surface area contributed by atoms with Crippen molar-refractivity contribution in [3.05, 3.63) is 83.4 Å². The zero-order valence-corrected chi connectivity index (χ0v) is 24.7. The van der Waals surface area contributed by atoms with Crippen LogP contribution in [-0.2, 0) is 24.4 Å². The summed E-state index contributed by atoms with van der Waals surface area (Å²) in [5.74, 6) is -4.07. The van der Waals surface area contributed by atoms with Crippen LogP contribution in [-0.4, -0.2) is 68.3 Å². The number of nitrogens with two attached hydrogens (primary N) is 1. The van der Waals surface area contributed by atoms with Gasteiger partial charge in [-0.05, 0) is 50.2 Å². The molecule has 0 bridgehead atoms. The monoisotopic (exact) mass is 622 g/mol. The second kappa shape index (κ2) is 12.1. The molecular weight excluding hydrogens is 592 g/mol. The molecule has 7 N–H and O–H groups in total. The summed E-state index contributed by atoms with van der Waals surface area (Å²) < 4.78 is 33.3. The number of likely N-dealkylation sites (N-methyl/N-ethyl adjacent to an activating group) is 1. The summed E-state index contributed by atoms with van der Waals surface area (Å²) >= 11 is 0. The molecule has 0 saturated heterocycles. The first-order valence-electron chi connectivity index (χ1n) is 13.1. The largest absolute Gasteiger partial charge is 0.480 e. The van der Waals surface area contributed by atoms with Gasteiger partial charge in [0.2, 0.25) is 10.0 Å². The molecule has 0 aromatic heterocycles. The Morgan fingerprint density at radius 2 is 1.66 bits per heavy atom. The predicted molar refractivity (Wildman–Crippen MR) is 160 cm³/mol. The number of hydrogen-bond donors (Lipinski definition) is 6. The number of ether oxygens (including phenoxy) is 1.